The van der Waals surface area contributed by atoms with Gasteiger partial charge in [-0.05, 0) is 37.5 Å². The highest BCUT2D eigenvalue weighted by molar-refractivity contribution is 6.38. The Hall–Kier alpha value is -2.44. The van der Waals surface area contributed by atoms with Crippen molar-refractivity contribution in [1.29, 1.82) is 0 Å². The minimum atomic E-state index is -0.712. The average Bonchev–Trinajstić information content (AvgIpc) is 3.16. The molecule has 1 aliphatic heterocycles. The van der Waals surface area contributed by atoms with Crippen molar-refractivity contribution in [3.8, 4) is 0 Å². The van der Waals surface area contributed by atoms with Crippen molar-refractivity contribution < 1.29 is 14.4 Å². The van der Waals surface area contributed by atoms with Gasteiger partial charge >= 0.3 is 17.8 Å². The highest BCUT2D eigenvalue weighted by Gasteiger charge is 2.39. The van der Waals surface area contributed by atoms with Gasteiger partial charge in [0.05, 0.1) is 0 Å². The van der Waals surface area contributed by atoms with Crippen LogP contribution in [0.5, 0.6) is 0 Å². The number of carbonyl (C=O) groups excluding carboxylic acids is 3. The smallest absolute Gasteiger partial charge is 0.327 e. The Kier molecular flexibility index (Phi) is 5.31. The van der Waals surface area contributed by atoms with Crippen molar-refractivity contribution in [3.63, 3.8) is 0 Å². The Bertz CT molecular complexity index is 643. The third-order valence-electron chi connectivity index (χ3n) is 5.03. The molecule has 1 aliphatic carbocycles. The Balaban J connectivity index is 1.79. The zero-order valence-electron chi connectivity index (χ0n) is 14.6. The van der Waals surface area contributed by atoms with Crippen molar-refractivity contribution in [2.24, 2.45) is 0 Å². The number of likely N-dealkylation sites (N-methyl/N-ethyl adjacent to an activating group) is 1. The number of hydrogen-bond acceptors (Lipinski definition) is 4. The van der Waals surface area contributed by atoms with Crippen molar-refractivity contribution in [2.45, 2.75) is 45.2 Å². The molecule has 0 atom stereocenters. The predicted octanol–water partition coefficient (Wildman–Crippen LogP) is 1.64. The Labute approximate surface area is 147 Å². The zero-order valence-corrected chi connectivity index (χ0v) is 14.6. The number of urea groups is 1. The summed E-state index contributed by atoms with van der Waals surface area (Å²) >= 11 is 0. The van der Waals surface area contributed by atoms with Gasteiger partial charge < -0.3 is 9.80 Å². The van der Waals surface area contributed by atoms with Crippen LogP contribution in [0.1, 0.15) is 38.2 Å². The maximum absolute atomic E-state index is 13.1. The lowest BCUT2D eigenvalue weighted by molar-refractivity contribution is -0.154. The molecule has 1 saturated heterocycles. The van der Waals surface area contributed by atoms with Crippen molar-refractivity contribution in [2.75, 3.05) is 19.6 Å². The van der Waals surface area contributed by atoms with E-state index in [1.165, 1.54) is 4.90 Å². The molecule has 0 radical (unpaired) electrons. The lowest BCUT2D eigenvalue weighted by atomic mass is 10.1. The van der Waals surface area contributed by atoms with Gasteiger partial charge in [-0.3, -0.25) is 19.5 Å². The number of pyridine rings is 1. The van der Waals surface area contributed by atoms with E-state index in [0.717, 1.165) is 36.1 Å². The number of piperazine rings is 1. The van der Waals surface area contributed by atoms with Crippen LogP contribution in [0.3, 0.4) is 0 Å². The van der Waals surface area contributed by atoms with Crippen LogP contribution >= 0.6 is 0 Å². The van der Waals surface area contributed by atoms with E-state index in [2.05, 4.69) is 4.98 Å². The molecule has 0 aromatic carbocycles. The minimum absolute atomic E-state index is 0.118. The highest BCUT2D eigenvalue weighted by atomic mass is 16.2. The Morgan fingerprint density at radius 1 is 1.16 bits per heavy atom. The molecule has 0 N–H and O–H groups in total. The van der Waals surface area contributed by atoms with E-state index in [1.807, 2.05) is 19.1 Å². The predicted molar refractivity (Wildman–Crippen MR) is 91.4 cm³/mol. The summed E-state index contributed by atoms with van der Waals surface area (Å²) in [6.45, 7) is 3.41. The summed E-state index contributed by atoms with van der Waals surface area (Å²) in [4.78, 5) is 46.0. The van der Waals surface area contributed by atoms with Gasteiger partial charge in [0.25, 0.3) is 0 Å². The fourth-order valence-electron chi connectivity index (χ4n) is 3.57. The third kappa shape index (κ3) is 3.65. The summed E-state index contributed by atoms with van der Waals surface area (Å²) in [5.74, 6) is -1.30. The Morgan fingerprint density at radius 2 is 1.84 bits per heavy atom. The molecule has 134 valence electrons. The molecular weight excluding hydrogens is 320 g/mol. The van der Waals surface area contributed by atoms with E-state index in [-0.39, 0.29) is 18.6 Å². The summed E-state index contributed by atoms with van der Waals surface area (Å²) in [5.41, 5.74) is 0.973. The number of nitrogens with zero attached hydrogens (tertiary/aromatic N) is 4. The molecule has 0 bridgehead atoms. The molecule has 7 heteroatoms. The maximum Gasteiger partial charge on any atom is 0.327 e. The first-order chi connectivity index (χ1) is 12.1. The van der Waals surface area contributed by atoms with Gasteiger partial charge in [-0.15, -0.1) is 0 Å². The monoisotopic (exact) mass is 344 g/mol. The molecule has 4 amide bonds. The van der Waals surface area contributed by atoms with E-state index < -0.39 is 11.8 Å². The van der Waals surface area contributed by atoms with Gasteiger partial charge in [-0.1, -0.05) is 12.8 Å². The van der Waals surface area contributed by atoms with Crippen LogP contribution in [0.15, 0.2) is 24.5 Å². The Morgan fingerprint density at radius 3 is 2.48 bits per heavy atom. The molecule has 1 aromatic heterocycles. The number of carbonyl (C=O) groups is 3. The second kappa shape index (κ2) is 7.63. The fraction of sp³-hybridized carbons (Fsp3) is 0.556. The first-order valence-corrected chi connectivity index (χ1v) is 8.92. The summed E-state index contributed by atoms with van der Waals surface area (Å²) in [6, 6.07) is 3.51. The first kappa shape index (κ1) is 17.4. The fourth-order valence-corrected chi connectivity index (χ4v) is 3.57. The van der Waals surface area contributed by atoms with Crippen LogP contribution in [0, 0.1) is 0 Å². The van der Waals surface area contributed by atoms with Crippen LogP contribution in [-0.2, 0) is 16.1 Å². The second-order valence-electron chi connectivity index (χ2n) is 6.55. The topological polar surface area (TPSA) is 73.8 Å². The molecule has 3 rings (SSSR count). The molecule has 0 unspecified atom stereocenters. The van der Waals surface area contributed by atoms with Crippen molar-refractivity contribution in [1.82, 2.24) is 19.7 Å². The van der Waals surface area contributed by atoms with Crippen LogP contribution in [-0.4, -0.2) is 63.2 Å². The van der Waals surface area contributed by atoms with Gasteiger partial charge in [0.15, 0.2) is 0 Å². The van der Waals surface area contributed by atoms with E-state index in [4.69, 9.17) is 0 Å². The molecule has 7 nitrogen and oxygen atoms in total. The average molecular weight is 344 g/mol. The van der Waals surface area contributed by atoms with Gasteiger partial charge in [0.2, 0.25) is 0 Å². The van der Waals surface area contributed by atoms with Gasteiger partial charge in [0, 0.05) is 44.6 Å². The summed E-state index contributed by atoms with van der Waals surface area (Å²) in [5, 5.41) is 0. The largest absolute Gasteiger partial charge is 0.333 e. The summed E-state index contributed by atoms with van der Waals surface area (Å²) < 4.78 is 0. The van der Waals surface area contributed by atoms with E-state index >= 15 is 0 Å². The van der Waals surface area contributed by atoms with Crippen LogP contribution in [0.4, 0.5) is 4.79 Å². The van der Waals surface area contributed by atoms with Crippen LogP contribution < -0.4 is 0 Å². The molecule has 1 aromatic rings. The van der Waals surface area contributed by atoms with Gasteiger partial charge in [-0.2, -0.15) is 0 Å². The SMILES string of the molecule is CCN1CCN(C(=O)N(Cc2ccncc2)C2CCCC2)C(=O)C1=O. The maximum atomic E-state index is 13.1. The quantitative estimate of drug-likeness (QED) is 0.778. The van der Waals surface area contributed by atoms with Crippen molar-refractivity contribution >= 4 is 17.8 Å². The summed E-state index contributed by atoms with van der Waals surface area (Å²) in [6.07, 6.45) is 7.44. The first-order valence-electron chi connectivity index (χ1n) is 8.92. The molecule has 0 spiro atoms. The van der Waals surface area contributed by atoms with E-state index in [1.54, 1.807) is 17.3 Å². The highest BCUT2D eigenvalue weighted by Crippen LogP contribution is 2.26. The lowest BCUT2D eigenvalue weighted by Gasteiger charge is -2.37. The van der Waals surface area contributed by atoms with E-state index in [9.17, 15) is 14.4 Å². The van der Waals surface area contributed by atoms with Gasteiger partial charge in [-0.25, -0.2) is 4.79 Å². The summed E-state index contributed by atoms with van der Waals surface area (Å²) in [7, 11) is 0. The van der Waals surface area contributed by atoms with Crippen LogP contribution in [0.25, 0.3) is 0 Å². The third-order valence-corrected chi connectivity index (χ3v) is 5.03. The zero-order chi connectivity index (χ0) is 17.8. The van der Waals surface area contributed by atoms with Crippen LogP contribution in [0.2, 0.25) is 0 Å². The number of imide groups is 1. The number of rotatable bonds is 4. The number of amides is 4. The number of aromatic nitrogens is 1. The molecule has 2 fully saturated rings. The second-order valence-corrected chi connectivity index (χ2v) is 6.55. The number of hydrogen-bond donors (Lipinski definition) is 0. The molecule has 2 aliphatic rings. The molecule has 25 heavy (non-hydrogen) atoms. The molecule has 1 saturated carbocycles. The normalized spacial score (nSPS) is 18.8. The van der Waals surface area contributed by atoms with Crippen molar-refractivity contribution in [3.05, 3.63) is 30.1 Å². The molecule has 2 heterocycles. The van der Waals surface area contributed by atoms with E-state index in [0.29, 0.717) is 19.6 Å². The van der Waals surface area contributed by atoms with Gasteiger partial charge in [0.1, 0.15) is 0 Å². The molecular formula is C18H24N4O3. The minimum Gasteiger partial charge on any atom is -0.333 e. The standard InChI is InChI=1S/C18H24N4O3/c1-2-20-11-12-21(17(24)16(20)23)18(25)22(15-5-3-4-6-15)13-14-7-9-19-10-8-14/h7-10,15H,2-6,11-13H2,1H3. The lowest BCUT2D eigenvalue weighted by Crippen LogP contribution is -2.59.